The summed E-state index contributed by atoms with van der Waals surface area (Å²) in [5.41, 5.74) is 0. The number of nitriles is 3. The van der Waals surface area contributed by atoms with E-state index < -0.39 is 0 Å². The molecule has 0 N–H and O–H groups in total. The van der Waals surface area contributed by atoms with Gasteiger partial charge < -0.3 is 0 Å². The zero-order valence-electron chi connectivity index (χ0n) is 4.51. The quantitative estimate of drug-likeness (QED) is 0.492. The van der Waals surface area contributed by atoms with E-state index in [1.54, 1.807) is 16.2 Å². The van der Waals surface area contributed by atoms with Crippen molar-refractivity contribution >= 4 is 35.8 Å². The van der Waals surface area contributed by atoms with Crippen LogP contribution in [0.5, 0.6) is 0 Å². The van der Waals surface area contributed by atoms with Gasteiger partial charge in [-0.2, -0.15) is 15.8 Å². The molecule has 0 aliphatic carbocycles. The Hall–Kier alpha value is -0.520. The summed E-state index contributed by atoms with van der Waals surface area (Å²) >= 11 is 2.24. The maximum Gasteiger partial charge on any atom is 0.151 e. The predicted octanol–water partition coefficient (Wildman–Crippen LogP) is 1.68. The van der Waals surface area contributed by atoms with Crippen LogP contribution in [0.3, 0.4) is 0 Å². The van der Waals surface area contributed by atoms with Gasteiger partial charge in [0, 0.05) is 0 Å². The summed E-state index contributed by atoms with van der Waals surface area (Å²) in [6.45, 7) is 0. The highest BCUT2D eigenvalue weighted by atomic mass is 32.3. The summed E-state index contributed by atoms with van der Waals surface area (Å²) in [5, 5.41) is 29.6. The van der Waals surface area contributed by atoms with Crippen molar-refractivity contribution in [2.75, 3.05) is 0 Å². The molecule has 0 radical (unpaired) electrons. The molecule has 4 nitrogen and oxygen atoms in total. The lowest BCUT2D eigenvalue weighted by Crippen LogP contribution is -1.87. The fourth-order valence-corrected chi connectivity index (χ4v) is 1.40. The lowest BCUT2D eigenvalue weighted by Gasteiger charge is -2.01. The van der Waals surface area contributed by atoms with Crippen LogP contribution in [0.1, 0.15) is 0 Å². The zero-order chi connectivity index (χ0) is 7.82. The van der Waals surface area contributed by atoms with Gasteiger partial charge >= 0.3 is 0 Å². The van der Waals surface area contributed by atoms with Gasteiger partial charge in [0.05, 0.1) is 35.8 Å². The molecule has 0 saturated carbocycles. The highest BCUT2D eigenvalue weighted by Crippen LogP contribution is 2.28. The Kier molecular flexibility index (Phi) is 6.25. The summed E-state index contributed by atoms with van der Waals surface area (Å²) in [6.07, 6.45) is 0. The van der Waals surface area contributed by atoms with Crippen molar-refractivity contribution in [1.82, 2.24) is 3.12 Å². The molecule has 50 valence electrons. The van der Waals surface area contributed by atoms with E-state index >= 15 is 0 Å². The Morgan fingerprint density at radius 1 is 0.800 bits per heavy atom. The fraction of sp³-hybridized carbons (Fsp3) is 0. The number of hydrogen-bond acceptors (Lipinski definition) is 7. The van der Waals surface area contributed by atoms with Crippen LogP contribution in [0.25, 0.3) is 0 Å². The molecule has 0 aliphatic rings. The highest BCUT2D eigenvalue weighted by molar-refractivity contribution is 8.29. The SMILES string of the molecule is N#CSN(SC#N)SC#N. The number of thiocyanates is 3. The minimum Gasteiger partial charge on any atom is -0.184 e. The van der Waals surface area contributed by atoms with Gasteiger partial charge in [-0.1, -0.05) is 3.12 Å². The van der Waals surface area contributed by atoms with E-state index in [0.717, 1.165) is 35.8 Å². The van der Waals surface area contributed by atoms with Crippen molar-refractivity contribution in [2.45, 2.75) is 0 Å². The van der Waals surface area contributed by atoms with Crippen LogP contribution in [0.4, 0.5) is 0 Å². The molecular weight excluding hydrogens is 188 g/mol. The van der Waals surface area contributed by atoms with Crippen LogP contribution in [0, 0.1) is 32.0 Å². The van der Waals surface area contributed by atoms with Crippen LogP contribution < -0.4 is 0 Å². The molecule has 0 aromatic carbocycles. The van der Waals surface area contributed by atoms with E-state index in [2.05, 4.69) is 0 Å². The van der Waals surface area contributed by atoms with Gasteiger partial charge in [-0.15, -0.1) is 0 Å². The van der Waals surface area contributed by atoms with E-state index in [-0.39, 0.29) is 0 Å². The lowest BCUT2D eigenvalue weighted by molar-refractivity contribution is 1.31. The smallest absolute Gasteiger partial charge is 0.151 e. The molecule has 0 aliphatic heterocycles. The first kappa shape index (κ1) is 9.48. The maximum atomic E-state index is 8.12. The number of rotatable bonds is 3. The topological polar surface area (TPSA) is 74.6 Å². The van der Waals surface area contributed by atoms with Gasteiger partial charge in [-0.25, -0.2) is 0 Å². The second-order valence-electron chi connectivity index (χ2n) is 0.771. The minimum atomic E-state index is 0.745. The molecule has 0 bridgehead atoms. The Balaban J connectivity index is 3.68. The third-order valence-corrected chi connectivity index (χ3v) is 2.38. The molecule has 0 unspecified atom stereocenters. The van der Waals surface area contributed by atoms with Crippen molar-refractivity contribution in [1.29, 1.82) is 15.8 Å². The molecule has 0 spiro atoms. The highest BCUT2D eigenvalue weighted by Gasteiger charge is 2.05. The van der Waals surface area contributed by atoms with E-state index in [1.807, 2.05) is 0 Å². The first-order valence-electron chi connectivity index (χ1n) is 1.83. The average Bonchev–Trinajstić information content (AvgIpc) is 1.90. The van der Waals surface area contributed by atoms with Crippen molar-refractivity contribution in [3.05, 3.63) is 0 Å². The summed E-state index contributed by atoms with van der Waals surface area (Å²) in [5.74, 6) is 0. The van der Waals surface area contributed by atoms with Crippen LogP contribution >= 0.6 is 35.8 Å². The molecule has 0 aromatic heterocycles. The fourth-order valence-electron chi connectivity index (χ4n) is 0.156. The molecule has 0 rings (SSSR count). The number of nitrogens with zero attached hydrogens (tertiary/aromatic N) is 4. The Morgan fingerprint density at radius 2 is 1.10 bits per heavy atom. The van der Waals surface area contributed by atoms with Crippen molar-refractivity contribution < 1.29 is 0 Å². The first-order chi connectivity index (χ1) is 4.85. The third kappa shape index (κ3) is 4.37. The lowest BCUT2D eigenvalue weighted by atomic mass is 11.8. The molecule has 0 amide bonds. The van der Waals surface area contributed by atoms with E-state index in [1.165, 1.54) is 3.12 Å². The molecule has 0 saturated heterocycles. The Labute approximate surface area is 71.2 Å². The van der Waals surface area contributed by atoms with E-state index in [9.17, 15) is 0 Å². The monoisotopic (exact) mass is 188 g/mol. The van der Waals surface area contributed by atoms with Gasteiger partial charge in [0.15, 0.2) is 16.2 Å². The molecule has 0 aromatic rings. The first-order valence-corrected chi connectivity index (χ1v) is 4.15. The van der Waals surface area contributed by atoms with E-state index in [4.69, 9.17) is 15.8 Å². The summed E-state index contributed by atoms with van der Waals surface area (Å²) in [4.78, 5) is 0. The zero-order valence-corrected chi connectivity index (χ0v) is 6.96. The van der Waals surface area contributed by atoms with Crippen LogP contribution in [-0.4, -0.2) is 3.12 Å². The molecule has 10 heavy (non-hydrogen) atoms. The standard InChI is InChI=1S/C3N4S3/c4-1-8-7(9-2-5)10-3-6. The average molecular weight is 188 g/mol. The Morgan fingerprint density at radius 3 is 1.30 bits per heavy atom. The van der Waals surface area contributed by atoms with Gasteiger partial charge in [-0.05, 0) is 0 Å². The van der Waals surface area contributed by atoms with Gasteiger partial charge in [0.25, 0.3) is 0 Å². The predicted molar refractivity (Wildman–Crippen MR) is 41.5 cm³/mol. The number of hydrogen-bond donors (Lipinski definition) is 0. The largest absolute Gasteiger partial charge is 0.184 e. The molecule has 0 heterocycles. The minimum absolute atomic E-state index is 0.745. The van der Waals surface area contributed by atoms with Crippen LogP contribution in [0.15, 0.2) is 0 Å². The second-order valence-corrected chi connectivity index (χ2v) is 3.66. The van der Waals surface area contributed by atoms with E-state index in [0.29, 0.717) is 0 Å². The van der Waals surface area contributed by atoms with Gasteiger partial charge in [0.2, 0.25) is 0 Å². The Bertz CT molecular complexity index is 169. The second kappa shape index (κ2) is 6.60. The molecular formula is C3N4S3. The summed E-state index contributed by atoms with van der Waals surface area (Å²) < 4.78 is 1.21. The summed E-state index contributed by atoms with van der Waals surface area (Å²) in [6, 6.07) is 0. The normalized spacial score (nSPS) is 7.80. The van der Waals surface area contributed by atoms with Gasteiger partial charge in [-0.3, -0.25) is 0 Å². The molecule has 0 atom stereocenters. The van der Waals surface area contributed by atoms with Crippen molar-refractivity contribution in [3.63, 3.8) is 0 Å². The summed E-state index contributed by atoms with van der Waals surface area (Å²) in [7, 11) is 0. The van der Waals surface area contributed by atoms with Crippen LogP contribution in [0.2, 0.25) is 0 Å². The third-order valence-electron chi connectivity index (χ3n) is 0.346. The van der Waals surface area contributed by atoms with Gasteiger partial charge in [0.1, 0.15) is 0 Å². The van der Waals surface area contributed by atoms with Crippen LogP contribution in [-0.2, 0) is 0 Å². The maximum absolute atomic E-state index is 8.12. The molecule has 0 fully saturated rings. The van der Waals surface area contributed by atoms with Crippen molar-refractivity contribution in [2.24, 2.45) is 0 Å². The molecule has 7 heteroatoms. The van der Waals surface area contributed by atoms with Crippen molar-refractivity contribution in [3.8, 4) is 16.2 Å².